The van der Waals surface area contributed by atoms with Crippen molar-refractivity contribution in [2.24, 2.45) is 7.05 Å². The van der Waals surface area contributed by atoms with Gasteiger partial charge < -0.3 is 15.5 Å². The quantitative estimate of drug-likeness (QED) is 0.225. The van der Waals surface area contributed by atoms with Crippen molar-refractivity contribution in [1.29, 1.82) is 0 Å². The van der Waals surface area contributed by atoms with Crippen LogP contribution in [0.25, 0.3) is 11.1 Å². The molecule has 9 heteroatoms. The van der Waals surface area contributed by atoms with Crippen molar-refractivity contribution in [1.82, 2.24) is 25.0 Å². The molecule has 0 radical (unpaired) electrons. The van der Waals surface area contributed by atoms with Gasteiger partial charge in [0.25, 0.3) is 5.91 Å². The first-order chi connectivity index (χ1) is 22.5. The fourth-order valence-corrected chi connectivity index (χ4v) is 6.05. The third kappa shape index (κ3) is 6.89. The summed E-state index contributed by atoms with van der Waals surface area (Å²) in [6, 6.07) is 29.5. The van der Waals surface area contributed by atoms with Gasteiger partial charge in [-0.2, -0.15) is 5.10 Å². The molecule has 5 aromatic rings. The number of hydrogen-bond acceptors (Lipinski definition) is 5. The maximum Gasteiger partial charge on any atom is 0.270 e. The molecule has 1 fully saturated rings. The lowest BCUT2D eigenvalue weighted by atomic mass is 9.84. The molecule has 2 aromatic heterocycles. The van der Waals surface area contributed by atoms with E-state index in [1.807, 2.05) is 95.9 Å². The lowest BCUT2D eigenvalue weighted by molar-refractivity contribution is -0.129. The van der Waals surface area contributed by atoms with Crippen LogP contribution in [0.15, 0.2) is 116 Å². The molecular formula is C37H36N6O3. The number of hydrogen-bond donors (Lipinski definition) is 2. The van der Waals surface area contributed by atoms with Crippen LogP contribution < -0.4 is 10.6 Å². The Kier molecular flexibility index (Phi) is 9.29. The van der Waals surface area contributed by atoms with Crippen molar-refractivity contribution in [3.05, 3.63) is 138 Å². The van der Waals surface area contributed by atoms with Gasteiger partial charge in [-0.15, -0.1) is 0 Å². The molecule has 0 saturated carbocycles. The van der Waals surface area contributed by atoms with Gasteiger partial charge in [0.15, 0.2) is 0 Å². The smallest absolute Gasteiger partial charge is 0.270 e. The van der Waals surface area contributed by atoms with Gasteiger partial charge >= 0.3 is 0 Å². The standard InChI is InChI=1S/C37H36N6O3/c1-42-32(19-21-39-42)36(45)41-35(34(27-10-4-2-5-11-27)28-12-6-3-7-13-28)37(46)40-30-16-14-26(15-17-30)31-18-20-38-25-29(31)24-33(44)43-22-8-9-23-43/h2-7,10-21,25,34-35H,8-9,22-24H2,1H3,(H,40,46)(H,41,45). The van der Waals surface area contributed by atoms with Crippen LogP contribution in [0.3, 0.4) is 0 Å². The van der Waals surface area contributed by atoms with Crippen LogP contribution in [0.2, 0.25) is 0 Å². The van der Waals surface area contributed by atoms with Gasteiger partial charge in [-0.25, -0.2) is 0 Å². The summed E-state index contributed by atoms with van der Waals surface area (Å²) in [7, 11) is 1.69. The fraction of sp³-hybridized carbons (Fsp3) is 0.216. The third-order valence-corrected chi connectivity index (χ3v) is 8.44. The first kappa shape index (κ1) is 30.5. The van der Waals surface area contributed by atoms with E-state index in [4.69, 9.17) is 0 Å². The first-order valence-corrected chi connectivity index (χ1v) is 15.5. The van der Waals surface area contributed by atoms with Gasteiger partial charge in [-0.3, -0.25) is 24.0 Å². The number of aryl methyl sites for hydroxylation is 1. The Balaban J connectivity index is 1.27. The zero-order chi connectivity index (χ0) is 31.9. The fourth-order valence-electron chi connectivity index (χ4n) is 6.05. The van der Waals surface area contributed by atoms with Gasteiger partial charge in [0.05, 0.1) is 6.42 Å². The topological polar surface area (TPSA) is 109 Å². The average Bonchev–Trinajstić information content (AvgIpc) is 3.79. The van der Waals surface area contributed by atoms with Crippen molar-refractivity contribution in [2.75, 3.05) is 18.4 Å². The highest BCUT2D eigenvalue weighted by atomic mass is 16.2. The molecule has 3 heterocycles. The zero-order valence-electron chi connectivity index (χ0n) is 25.7. The predicted octanol–water partition coefficient (Wildman–Crippen LogP) is 5.22. The van der Waals surface area contributed by atoms with Crippen molar-refractivity contribution in [3.63, 3.8) is 0 Å². The molecule has 1 unspecified atom stereocenters. The number of carbonyl (C=O) groups excluding carboxylic acids is 3. The van der Waals surface area contributed by atoms with Gasteiger partial charge in [-0.05, 0) is 64.9 Å². The second-order valence-corrected chi connectivity index (χ2v) is 11.5. The van der Waals surface area contributed by atoms with E-state index in [1.165, 1.54) is 4.68 Å². The molecule has 1 saturated heterocycles. The average molecular weight is 613 g/mol. The summed E-state index contributed by atoms with van der Waals surface area (Å²) in [5.74, 6) is -1.12. The van der Waals surface area contributed by atoms with Crippen LogP contribution in [0.5, 0.6) is 0 Å². The number of anilines is 1. The van der Waals surface area contributed by atoms with Crippen molar-refractivity contribution < 1.29 is 14.4 Å². The molecule has 232 valence electrons. The van der Waals surface area contributed by atoms with Gasteiger partial charge in [0, 0.05) is 50.3 Å². The second kappa shape index (κ2) is 14.0. The molecule has 1 aliphatic heterocycles. The number of benzene rings is 3. The van der Waals surface area contributed by atoms with Crippen molar-refractivity contribution in [2.45, 2.75) is 31.2 Å². The number of aromatic nitrogens is 3. The number of carbonyl (C=O) groups is 3. The van der Waals surface area contributed by atoms with Gasteiger partial charge in [0.2, 0.25) is 11.8 Å². The number of nitrogens with zero attached hydrogens (tertiary/aromatic N) is 4. The number of pyridine rings is 1. The largest absolute Gasteiger partial charge is 0.342 e. The first-order valence-electron chi connectivity index (χ1n) is 15.5. The molecule has 9 nitrogen and oxygen atoms in total. The summed E-state index contributed by atoms with van der Waals surface area (Å²) in [6.07, 6.45) is 7.40. The van der Waals surface area contributed by atoms with Crippen LogP contribution >= 0.6 is 0 Å². The minimum absolute atomic E-state index is 0.112. The molecule has 3 aromatic carbocycles. The molecule has 0 bridgehead atoms. The minimum Gasteiger partial charge on any atom is -0.342 e. The Morgan fingerprint density at radius 1 is 0.804 bits per heavy atom. The van der Waals surface area contributed by atoms with Crippen LogP contribution in [0, 0.1) is 0 Å². The van der Waals surface area contributed by atoms with Crippen molar-refractivity contribution >= 4 is 23.4 Å². The van der Waals surface area contributed by atoms with E-state index in [0.29, 0.717) is 17.8 Å². The summed E-state index contributed by atoms with van der Waals surface area (Å²) in [4.78, 5) is 46.7. The van der Waals surface area contributed by atoms with Gasteiger partial charge in [0.1, 0.15) is 11.7 Å². The second-order valence-electron chi connectivity index (χ2n) is 11.5. The maximum atomic E-state index is 14.1. The molecular weight excluding hydrogens is 576 g/mol. The summed E-state index contributed by atoms with van der Waals surface area (Å²) in [5, 5.41) is 10.2. The molecule has 46 heavy (non-hydrogen) atoms. The van der Waals surface area contributed by atoms with Gasteiger partial charge in [-0.1, -0.05) is 72.8 Å². The molecule has 0 aliphatic carbocycles. The summed E-state index contributed by atoms with van der Waals surface area (Å²) >= 11 is 0. The van der Waals surface area contributed by atoms with E-state index >= 15 is 0 Å². The highest BCUT2D eigenvalue weighted by Crippen LogP contribution is 2.30. The molecule has 6 rings (SSSR count). The van der Waals surface area contributed by atoms with Crippen LogP contribution in [0.1, 0.15) is 45.9 Å². The predicted molar refractivity (Wildman–Crippen MR) is 177 cm³/mol. The van der Waals surface area contributed by atoms with Crippen molar-refractivity contribution in [3.8, 4) is 11.1 Å². The van der Waals surface area contributed by atoms with E-state index in [0.717, 1.165) is 53.7 Å². The third-order valence-electron chi connectivity index (χ3n) is 8.44. The Labute approximate surface area is 268 Å². The number of amides is 3. The maximum absolute atomic E-state index is 14.1. The molecule has 2 N–H and O–H groups in total. The van der Waals surface area contributed by atoms with E-state index < -0.39 is 17.9 Å². The summed E-state index contributed by atoms with van der Waals surface area (Å²) in [6.45, 7) is 1.61. The summed E-state index contributed by atoms with van der Waals surface area (Å²) < 4.78 is 1.48. The number of rotatable bonds is 10. The van der Waals surface area contributed by atoms with E-state index in [2.05, 4.69) is 20.7 Å². The van der Waals surface area contributed by atoms with E-state index in [9.17, 15) is 14.4 Å². The minimum atomic E-state index is -0.949. The monoisotopic (exact) mass is 612 g/mol. The van der Waals surface area contributed by atoms with Crippen LogP contribution in [-0.4, -0.2) is 56.5 Å². The Hall–Kier alpha value is -5.57. The zero-order valence-corrected chi connectivity index (χ0v) is 25.7. The molecule has 0 spiro atoms. The van der Waals surface area contributed by atoms with E-state index in [1.54, 1.807) is 31.7 Å². The molecule has 1 aliphatic rings. The van der Waals surface area contributed by atoms with Crippen LogP contribution in [0.4, 0.5) is 5.69 Å². The number of nitrogens with one attached hydrogen (secondary N) is 2. The molecule has 3 amide bonds. The SMILES string of the molecule is Cn1nccc1C(=O)NC(C(=O)Nc1ccc(-c2ccncc2CC(=O)N2CCCC2)cc1)C(c1ccccc1)c1ccccc1. The Morgan fingerprint density at radius 2 is 1.46 bits per heavy atom. The highest BCUT2D eigenvalue weighted by Gasteiger charge is 2.33. The van der Waals surface area contributed by atoms with Crippen LogP contribution in [-0.2, 0) is 23.1 Å². The van der Waals surface area contributed by atoms with E-state index in [-0.39, 0.29) is 11.8 Å². The lowest BCUT2D eigenvalue weighted by Crippen LogP contribution is -2.48. The lowest BCUT2D eigenvalue weighted by Gasteiger charge is -2.28. The molecule has 1 atom stereocenters. The highest BCUT2D eigenvalue weighted by molar-refractivity contribution is 6.01. The Bertz CT molecular complexity index is 1760. The summed E-state index contributed by atoms with van der Waals surface area (Å²) in [5.41, 5.74) is 5.41. The number of likely N-dealkylation sites (tertiary alicyclic amines) is 1. The Morgan fingerprint density at radius 3 is 2.07 bits per heavy atom. The normalized spacial score (nSPS) is 13.4.